The molecule has 1 aromatic heterocycles. The summed E-state index contributed by atoms with van der Waals surface area (Å²) in [4.78, 5) is 24.1. The number of thioether (sulfide) groups is 1. The van der Waals surface area contributed by atoms with Gasteiger partial charge in [-0.2, -0.15) is 24.9 Å². The third-order valence-electron chi connectivity index (χ3n) is 3.56. The smallest absolute Gasteiger partial charge is 0.416 e. The standard InChI is InChI=1S/C18H19F3N2O3S/c1-11-3-4-15(26-11)10-22-17(25)12-7-13(18(19,20)21)9-14(8-12)23-16(24)5-6-27-2/h3-4,7-9H,5-6,10H2,1-2H3,(H,22,25)(H,23,24). The van der Waals surface area contributed by atoms with E-state index in [0.29, 0.717) is 17.3 Å². The van der Waals surface area contributed by atoms with Crippen LogP contribution in [-0.2, 0) is 17.5 Å². The van der Waals surface area contributed by atoms with Crippen LogP contribution in [0.25, 0.3) is 0 Å². The molecule has 2 rings (SSSR count). The lowest BCUT2D eigenvalue weighted by atomic mass is 10.1. The Morgan fingerprint density at radius 3 is 2.52 bits per heavy atom. The van der Waals surface area contributed by atoms with Crippen LogP contribution < -0.4 is 10.6 Å². The Morgan fingerprint density at radius 1 is 1.19 bits per heavy atom. The Hall–Kier alpha value is -2.42. The molecule has 0 aliphatic carbocycles. The third-order valence-corrected chi connectivity index (χ3v) is 4.17. The first-order valence-corrected chi connectivity index (χ1v) is 9.43. The van der Waals surface area contributed by atoms with Gasteiger partial charge in [0.15, 0.2) is 0 Å². The van der Waals surface area contributed by atoms with Crippen molar-refractivity contribution in [2.24, 2.45) is 0 Å². The highest BCUT2D eigenvalue weighted by Gasteiger charge is 2.32. The number of nitrogens with one attached hydrogen (secondary N) is 2. The lowest BCUT2D eigenvalue weighted by Gasteiger charge is -2.13. The van der Waals surface area contributed by atoms with Gasteiger partial charge in [-0.3, -0.25) is 9.59 Å². The van der Waals surface area contributed by atoms with Crippen LogP contribution in [0.5, 0.6) is 0 Å². The monoisotopic (exact) mass is 400 g/mol. The predicted molar refractivity (Wildman–Crippen MR) is 97.7 cm³/mol. The zero-order valence-corrected chi connectivity index (χ0v) is 15.6. The first-order chi connectivity index (χ1) is 12.7. The Kier molecular flexibility index (Phi) is 6.95. The second kappa shape index (κ2) is 8.98. The molecule has 2 N–H and O–H groups in total. The molecule has 1 heterocycles. The molecule has 0 aliphatic rings. The lowest BCUT2D eigenvalue weighted by Crippen LogP contribution is -2.23. The molecule has 0 unspecified atom stereocenters. The minimum absolute atomic E-state index is 0.0400. The van der Waals surface area contributed by atoms with Crippen LogP contribution >= 0.6 is 11.8 Å². The van der Waals surface area contributed by atoms with Crippen molar-refractivity contribution >= 4 is 29.3 Å². The lowest BCUT2D eigenvalue weighted by molar-refractivity contribution is -0.137. The van der Waals surface area contributed by atoms with E-state index in [1.54, 1.807) is 19.1 Å². The Morgan fingerprint density at radius 2 is 1.93 bits per heavy atom. The zero-order valence-electron chi connectivity index (χ0n) is 14.8. The molecule has 1 aromatic carbocycles. The van der Waals surface area contributed by atoms with E-state index in [0.717, 1.165) is 12.1 Å². The molecule has 0 radical (unpaired) electrons. The Labute approximate surface area is 158 Å². The number of hydrogen-bond donors (Lipinski definition) is 2. The van der Waals surface area contributed by atoms with Gasteiger partial charge in [0.1, 0.15) is 11.5 Å². The van der Waals surface area contributed by atoms with Gasteiger partial charge in [0.05, 0.1) is 12.1 Å². The number of aryl methyl sites for hydroxylation is 1. The van der Waals surface area contributed by atoms with Crippen LogP contribution in [0.15, 0.2) is 34.7 Å². The van der Waals surface area contributed by atoms with Crippen LogP contribution in [0.1, 0.15) is 33.9 Å². The molecule has 0 fully saturated rings. The molecule has 27 heavy (non-hydrogen) atoms. The fourth-order valence-electron chi connectivity index (χ4n) is 2.26. The number of anilines is 1. The molecule has 5 nitrogen and oxygen atoms in total. The van der Waals surface area contributed by atoms with Gasteiger partial charge in [-0.05, 0) is 43.5 Å². The minimum atomic E-state index is -4.65. The average molecular weight is 400 g/mol. The van der Waals surface area contributed by atoms with Gasteiger partial charge in [-0.1, -0.05) is 0 Å². The Bertz CT molecular complexity index is 818. The van der Waals surface area contributed by atoms with Gasteiger partial charge in [0.25, 0.3) is 5.91 Å². The quantitative estimate of drug-likeness (QED) is 0.730. The molecule has 2 aromatic rings. The Balaban J connectivity index is 2.18. The number of benzene rings is 1. The number of alkyl halides is 3. The van der Waals surface area contributed by atoms with E-state index in [-0.39, 0.29) is 24.2 Å². The summed E-state index contributed by atoms with van der Waals surface area (Å²) in [6.45, 7) is 1.78. The summed E-state index contributed by atoms with van der Waals surface area (Å²) < 4.78 is 44.7. The van der Waals surface area contributed by atoms with Gasteiger partial charge in [-0.15, -0.1) is 0 Å². The van der Waals surface area contributed by atoms with Gasteiger partial charge in [0.2, 0.25) is 5.91 Å². The molecular weight excluding hydrogens is 381 g/mol. The second-order valence-electron chi connectivity index (χ2n) is 5.78. The normalized spacial score (nSPS) is 11.3. The number of rotatable bonds is 7. The molecule has 0 spiro atoms. The van der Waals surface area contributed by atoms with E-state index in [1.807, 2.05) is 6.26 Å². The van der Waals surface area contributed by atoms with E-state index in [9.17, 15) is 22.8 Å². The number of halogens is 3. The molecule has 0 saturated carbocycles. The van der Waals surface area contributed by atoms with Crippen LogP contribution in [0, 0.1) is 6.92 Å². The summed E-state index contributed by atoms with van der Waals surface area (Å²) in [5.41, 5.74) is -1.28. The van der Waals surface area contributed by atoms with Crippen molar-refractivity contribution in [1.82, 2.24) is 5.32 Å². The molecule has 0 aliphatic heterocycles. The van der Waals surface area contributed by atoms with E-state index >= 15 is 0 Å². The van der Waals surface area contributed by atoms with Crippen LogP contribution in [0.4, 0.5) is 18.9 Å². The van der Waals surface area contributed by atoms with Crippen molar-refractivity contribution in [2.75, 3.05) is 17.3 Å². The summed E-state index contributed by atoms with van der Waals surface area (Å²) in [5.74, 6) is 0.573. The van der Waals surface area contributed by atoms with Crippen LogP contribution in [0.2, 0.25) is 0 Å². The molecule has 9 heteroatoms. The third kappa shape index (κ3) is 6.35. The molecule has 0 bridgehead atoms. The first kappa shape index (κ1) is 20.9. The number of furan rings is 1. The molecule has 146 valence electrons. The number of carbonyl (C=O) groups is 2. The first-order valence-electron chi connectivity index (χ1n) is 8.03. The summed E-state index contributed by atoms with van der Waals surface area (Å²) in [6.07, 6.45) is -2.66. The van der Waals surface area contributed by atoms with Gasteiger partial charge < -0.3 is 15.1 Å². The van der Waals surface area contributed by atoms with Crippen molar-refractivity contribution in [3.8, 4) is 0 Å². The number of hydrogen-bond acceptors (Lipinski definition) is 4. The van der Waals surface area contributed by atoms with E-state index in [2.05, 4.69) is 10.6 Å². The maximum Gasteiger partial charge on any atom is 0.416 e. The molecular formula is C18H19F3N2O3S. The molecule has 0 saturated heterocycles. The largest absolute Gasteiger partial charge is 0.465 e. The highest BCUT2D eigenvalue weighted by molar-refractivity contribution is 7.98. The van der Waals surface area contributed by atoms with Crippen molar-refractivity contribution in [3.05, 3.63) is 53.0 Å². The highest BCUT2D eigenvalue weighted by Crippen LogP contribution is 2.32. The fraction of sp³-hybridized carbons (Fsp3) is 0.333. The van der Waals surface area contributed by atoms with E-state index in [1.165, 1.54) is 17.8 Å². The number of amides is 2. The van der Waals surface area contributed by atoms with Crippen LogP contribution in [0.3, 0.4) is 0 Å². The summed E-state index contributed by atoms with van der Waals surface area (Å²) in [6, 6.07) is 6.16. The molecule has 0 atom stereocenters. The number of carbonyl (C=O) groups excluding carboxylic acids is 2. The van der Waals surface area contributed by atoms with E-state index in [4.69, 9.17) is 4.42 Å². The average Bonchev–Trinajstić information content (AvgIpc) is 3.02. The predicted octanol–water partition coefficient (Wildman–Crippen LogP) is 4.23. The maximum atomic E-state index is 13.1. The second-order valence-corrected chi connectivity index (χ2v) is 6.77. The maximum absolute atomic E-state index is 13.1. The van der Waals surface area contributed by atoms with Crippen molar-refractivity contribution in [2.45, 2.75) is 26.1 Å². The highest BCUT2D eigenvalue weighted by atomic mass is 32.2. The van der Waals surface area contributed by atoms with Gasteiger partial charge in [0, 0.05) is 23.4 Å². The summed E-state index contributed by atoms with van der Waals surface area (Å²) in [7, 11) is 0. The van der Waals surface area contributed by atoms with Gasteiger partial charge in [-0.25, -0.2) is 0 Å². The van der Waals surface area contributed by atoms with Crippen LogP contribution in [-0.4, -0.2) is 23.8 Å². The van der Waals surface area contributed by atoms with Crippen molar-refractivity contribution < 1.29 is 27.2 Å². The summed E-state index contributed by atoms with van der Waals surface area (Å²) >= 11 is 1.45. The SMILES string of the molecule is CSCCC(=O)Nc1cc(C(=O)NCc2ccc(C)o2)cc(C(F)(F)F)c1. The fourth-order valence-corrected chi connectivity index (χ4v) is 2.65. The zero-order chi connectivity index (χ0) is 20.0. The molecule has 2 amide bonds. The van der Waals surface area contributed by atoms with Crippen molar-refractivity contribution in [3.63, 3.8) is 0 Å². The summed E-state index contributed by atoms with van der Waals surface area (Å²) in [5, 5.41) is 4.92. The minimum Gasteiger partial charge on any atom is -0.465 e. The van der Waals surface area contributed by atoms with E-state index < -0.39 is 23.6 Å². The van der Waals surface area contributed by atoms with Gasteiger partial charge >= 0.3 is 6.18 Å². The van der Waals surface area contributed by atoms with Crippen molar-refractivity contribution in [1.29, 1.82) is 0 Å². The topological polar surface area (TPSA) is 71.3 Å².